The van der Waals surface area contributed by atoms with Gasteiger partial charge in [-0.25, -0.2) is 0 Å². The standard InChI is InChI=1S/C19H19N3O3S/c1-11-16(18(24)21-14-5-3-4-6-15(14)25-2)17(22-19(26)20-11)12-7-9-13(23)10-8-12/h3-10,17,23H,1-2H3,(H,21,24)(H2,20,22,26)/t17-/m1/s1. The fraction of sp³-hybridized carbons (Fsp3) is 0.158. The van der Waals surface area contributed by atoms with Crippen molar-refractivity contribution in [2.24, 2.45) is 0 Å². The lowest BCUT2D eigenvalue weighted by molar-refractivity contribution is -0.113. The van der Waals surface area contributed by atoms with Crippen LogP contribution in [0.15, 0.2) is 59.8 Å². The van der Waals surface area contributed by atoms with Gasteiger partial charge in [0.2, 0.25) is 0 Å². The molecule has 0 unspecified atom stereocenters. The van der Waals surface area contributed by atoms with Gasteiger partial charge in [-0.1, -0.05) is 24.3 Å². The van der Waals surface area contributed by atoms with Gasteiger partial charge in [0.25, 0.3) is 5.91 Å². The maximum absolute atomic E-state index is 13.0. The summed E-state index contributed by atoms with van der Waals surface area (Å²) < 4.78 is 5.29. The van der Waals surface area contributed by atoms with Crippen LogP contribution in [0.2, 0.25) is 0 Å². The van der Waals surface area contributed by atoms with Crippen LogP contribution in [0.3, 0.4) is 0 Å². The number of anilines is 1. The van der Waals surface area contributed by atoms with E-state index in [9.17, 15) is 9.90 Å². The maximum atomic E-state index is 13.0. The van der Waals surface area contributed by atoms with Crippen LogP contribution in [-0.2, 0) is 4.79 Å². The van der Waals surface area contributed by atoms with Crippen molar-refractivity contribution in [1.82, 2.24) is 10.6 Å². The van der Waals surface area contributed by atoms with E-state index in [1.807, 2.05) is 12.1 Å². The summed E-state index contributed by atoms with van der Waals surface area (Å²) in [4.78, 5) is 13.0. The third kappa shape index (κ3) is 3.62. The molecule has 1 atom stereocenters. The van der Waals surface area contributed by atoms with E-state index < -0.39 is 6.04 Å². The predicted octanol–water partition coefficient (Wildman–Crippen LogP) is 2.83. The zero-order valence-corrected chi connectivity index (χ0v) is 15.2. The topological polar surface area (TPSA) is 82.6 Å². The molecule has 26 heavy (non-hydrogen) atoms. The maximum Gasteiger partial charge on any atom is 0.255 e. The molecule has 0 radical (unpaired) electrons. The predicted molar refractivity (Wildman–Crippen MR) is 104 cm³/mol. The Morgan fingerprint density at radius 3 is 2.58 bits per heavy atom. The van der Waals surface area contributed by atoms with Crippen molar-refractivity contribution in [2.75, 3.05) is 12.4 Å². The number of rotatable bonds is 4. The number of carbonyl (C=O) groups is 1. The molecule has 2 aromatic rings. The Labute approximate surface area is 156 Å². The second-order valence-electron chi connectivity index (χ2n) is 5.82. The number of hydrogen-bond donors (Lipinski definition) is 4. The number of thiocarbonyl (C=S) groups is 1. The number of aromatic hydroxyl groups is 1. The largest absolute Gasteiger partial charge is 0.508 e. The molecule has 1 amide bonds. The molecular formula is C19H19N3O3S. The van der Waals surface area contributed by atoms with Crippen molar-refractivity contribution in [1.29, 1.82) is 0 Å². The van der Waals surface area contributed by atoms with Gasteiger partial charge >= 0.3 is 0 Å². The number of ether oxygens (including phenoxy) is 1. The quantitative estimate of drug-likeness (QED) is 0.621. The van der Waals surface area contributed by atoms with Crippen molar-refractivity contribution in [2.45, 2.75) is 13.0 Å². The first-order valence-corrected chi connectivity index (χ1v) is 8.42. The highest BCUT2D eigenvalue weighted by Gasteiger charge is 2.30. The highest BCUT2D eigenvalue weighted by atomic mass is 32.1. The van der Waals surface area contributed by atoms with Gasteiger partial charge in [0, 0.05) is 5.70 Å². The van der Waals surface area contributed by atoms with E-state index in [-0.39, 0.29) is 11.7 Å². The van der Waals surface area contributed by atoms with Crippen LogP contribution in [0.25, 0.3) is 0 Å². The summed E-state index contributed by atoms with van der Waals surface area (Å²) in [6.07, 6.45) is 0. The van der Waals surface area contributed by atoms with Gasteiger partial charge in [0.1, 0.15) is 11.5 Å². The molecule has 0 saturated heterocycles. The summed E-state index contributed by atoms with van der Waals surface area (Å²) in [6.45, 7) is 1.80. The molecule has 0 fully saturated rings. The van der Waals surface area contributed by atoms with Gasteiger partial charge in [0.15, 0.2) is 5.11 Å². The Kier molecular flexibility index (Phi) is 5.09. The first-order chi connectivity index (χ1) is 12.5. The zero-order chi connectivity index (χ0) is 18.7. The zero-order valence-electron chi connectivity index (χ0n) is 14.4. The minimum atomic E-state index is -0.431. The number of hydrogen-bond acceptors (Lipinski definition) is 4. The summed E-state index contributed by atoms with van der Waals surface area (Å²) in [5, 5.41) is 19.0. The lowest BCUT2D eigenvalue weighted by atomic mass is 9.95. The van der Waals surface area contributed by atoms with E-state index in [2.05, 4.69) is 16.0 Å². The van der Waals surface area contributed by atoms with Crippen LogP contribution < -0.4 is 20.7 Å². The van der Waals surface area contributed by atoms with Crippen LogP contribution in [0.1, 0.15) is 18.5 Å². The Bertz CT molecular complexity index is 878. The van der Waals surface area contributed by atoms with Gasteiger partial charge < -0.3 is 25.8 Å². The average molecular weight is 369 g/mol. The number of methoxy groups -OCH3 is 1. The second-order valence-corrected chi connectivity index (χ2v) is 6.22. The van der Waals surface area contributed by atoms with Gasteiger partial charge in [-0.05, 0) is 49.0 Å². The van der Waals surface area contributed by atoms with Gasteiger partial charge in [-0.3, -0.25) is 4.79 Å². The lowest BCUT2D eigenvalue weighted by Gasteiger charge is -2.30. The number of phenols is 1. The molecule has 134 valence electrons. The SMILES string of the molecule is COc1ccccc1NC(=O)C1=C(C)NC(=S)N[C@@H]1c1ccc(O)cc1. The van der Waals surface area contributed by atoms with E-state index in [1.54, 1.807) is 50.4 Å². The first-order valence-electron chi connectivity index (χ1n) is 8.01. The molecule has 0 bridgehead atoms. The molecule has 3 rings (SSSR count). The number of benzene rings is 2. The van der Waals surface area contributed by atoms with Crippen molar-refractivity contribution < 1.29 is 14.6 Å². The monoisotopic (exact) mass is 369 g/mol. The van der Waals surface area contributed by atoms with Crippen molar-refractivity contribution in [3.63, 3.8) is 0 Å². The van der Waals surface area contributed by atoms with E-state index in [4.69, 9.17) is 17.0 Å². The Hall–Kier alpha value is -3.06. The second kappa shape index (κ2) is 7.45. The summed E-state index contributed by atoms with van der Waals surface area (Å²) in [7, 11) is 1.55. The smallest absolute Gasteiger partial charge is 0.255 e. The lowest BCUT2D eigenvalue weighted by Crippen LogP contribution is -2.45. The summed E-state index contributed by atoms with van der Waals surface area (Å²) >= 11 is 5.24. The van der Waals surface area contributed by atoms with E-state index in [0.717, 1.165) is 5.56 Å². The van der Waals surface area contributed by atoms with Gasteiger partial charge in [-0.2, -0.15) is 0 Å². The van der Waals surface area contributed by atoms with E-state index >= 15 is 0 Å². The Morgan fingerprint density at radius 1 is 1.19 bits per heavy atom. The number of para-hydroxylation sites is 2. The number of allylic oxidation sites excluding steroid dienone is 1. The third-order valence-corrected chi connectivity index (χ3v) is 4.32. The minimum absolute atomic E-state index is 0.158. The molecule has 0 saturated carbocycles. The Morgan fingerprint density at radius 2 is 1.88 bits per heavy atom. The van der Waals surface area contributed by atoms with Gasteiger partial charge in [0.05, 0.1) is 24.4 Å². The summed E-state index contributed by atoms with van der Waals surface area (Å²) in [5.74, 6) is 0.464. The molecule has 2 aromatic carbocycles. The highest BCUT2D eigenvalue weighted by molar-refractivity contribution is 7.80. The molecular weight excluding hydrogens is 350 g/mol. The molecule has 1 aliphatic rings. The fourth-order valence-corrected chi connectivity index (χ4v) is 3.12. The number of nitrogens with one attached hydrogen (secondary N) is 3. The normalized spacial score (nSPS) is 16.5. The van der Waals surface area contributed by atoms with E-state index in [0.29, 0.717) is 27.8 Å². The Balaban J connectivity index is 1.95. The average Bonchev–Trinajstić information content (AvgIpc) is 2.62. The van der Waals surface area contributed by atoms with Crippen LogP contribution in [-0.4, -0.2) is 23.2 Å². The molecule has 0 aromatic heterocycles. The molecule has 7 heteroatoms. The first kappa shape index (κ1) is 17.8. The molecule has 4 N–H and O–H groups in total. The highest BCUT2D eigenvalue weighted by Crippen LogP contribution is 2.30. The molecule has 0 spiro atoms. The van der Waals surface area contributed by atoms with Crippen molar-refractivity contribution in [3.8, 4) is 11.5 Å². The summed E-state index contributed by atoms with van der Waals surface area (Å²) in [6, 6.07) is 13.4. The van der Waals surface area contributed by atoms with Crippen molar-refractivity contribution >= 4 is 28.9 Å². The van der Waals surface area contributed by atoms with Gasteiger partial charge in [-0.15, -0.1) is 0 Å². The van der Waals surface area contributed by atoms with Crippen LogP contribution in [0.5, 0.6) is 11.5 Å². The molecule has 1 aliphatic heterocycles. The minimum Gasteiger partial charge on any atom is -0.508 e. The van der Waals surface area contributed by atoms with Crippen LogP contribution in [0, 0.1) is 0 Å². The molecule has 6 nitrogen and oxygen atoms in total. The molecule has 1 heterocycles. The number of carbonyl (C=O) groups excluding carboxylic acids is 1. The fourth-order valence-electron chi connectivity index (χ4n) is 2.85. The van der Waals surface area contributed by atoms with E-state index in [1.165, 1.54) is 0 Å². The third-order valence-electron chi connectivity index (χ3n) is 4.10. The van der Waals surface area contributed by atoms with Crippen molar-refractivity contribution in [3.05, 3.63) is 65.4 Å². The number of amides is 1. The molecule has 0 aliphatic carbocycles. The van der Waals surface area contributed by atoms with Crippen LogP contribution in [0.4, 0.5) is 5.69 Å². The van der Waals surface area contributed by atoms with Crippen LogP contribution >= 0.6 is 12.2 Å². The number of phenolic OH excluding ortho intramolecular Hbond substituents is 1. The summed E-state index contributed by atoms with van der Waals surface area (Å²) in [5.41, 5.74) is 2.57.